The highest BCUT2D eigenvalue weighted by Crippen LogP contribution is 2.30. The molecule has 0 aromatic heterocycles. The van der Waals surface area contributed by atoms with Crippen LogP contribution in [0.15, 0.2) is 23.2 Å². The van der Waals surface area contributed by atoms with Crippen molar-refractivity contribution >= 4 is 23.5 Å². The number of primary amides is 1. The van der Waals surface area contributed by atoms with E-state index in [1.165, 1.54) is 7.11 Å². The quantitative estimate of drug-likeness (QED) is 0.491. The summed E-state index contributed by atoms with van der Waals surface area (Å²) >= 11 is 0. The Labute approximate surface area is 169 Å². The maximum Gasteiger partial charge on any atom is 0.325 e. The maximum atomic E-state index is 11.8. The van der Waals surface area contributed by atoms with Gasteiger partial charge in [-0.3, -0.25) is 9.59 Å². The highest BCUT2D eigenvalue weighted by Gasteiger charge is 2.29. The third kappa shape index (κ3) is 5.36. The fourth-order valence-corrected chi connectivity index (χ4v) is 3.37. The van der Waals surface area contributed by atoms with Crippen molar-refractivity contribution in [3.63, 3.8) is 0 Å². The lowest BCUT2D eigenvalue weighted by molar-refractivity contribution is -0.141. The maximum absolute atomic E-state index is 11.8. The number of esters is 1. The molecule has 10 heteroatoms. The third-order valence-electron chi connectivity index (χ3n) is 4.99. The number of ether oxygens (including phenoxy) is 3. The van der Waals surface area contributed by atoms with Gasteiger partial charge < -0.3 is 35.9 Å². The van der Waals surface area contributed by atoms with E-state index < -0.39 is 11.8 Å². The smallest absolute Gasteiger partial charge is 0.325 e. The number of guanidine groups is 1. The second-order valence-electron chi connectivity index (χ2n) is 6.95. The van der Waals surface area contributed by atoms with Crippen LogP contribution in [0.2, 0.25) is 0 Å². The molecule has 0 saturated carbocycles. The lowest BCUT2D eigenvalue weighted by Gasteiger charge is -2.29. The average Bonchev–Trinajstić information content (AvgIpc) is 2.72. The van der Waals surface area contributed by atoms with E-state index in [9.17, 15) is 9.59 Å². The molecule has 1 aromatic rings. The summed E-state index contributed by atoms with van der Waals surface area (Å²) in [6.07, 6.45) is 0.218. The summed E-state index contributed by atoms with van der Waals surface area (Å²) < 4.78 is 16.1. The normalized spacial score (nSPS) is 19.7. The van der Waals surface area contributed by atoms with Gasteiger partial charge in [0.05, 0.1) is 38.0 Å². The summed E-state index contributed by atoms with van der Waals surface area (Å²) in [4.78, 5) is 29.3. The molecule has 0 spiro atoms. The summed E-state index contributed by atoms with van der Waals surface area (Å²) in [5.41, 5.74) is 13.1. The Morgan fingerprint density at radius 3 is 2.97 bits per heavy atom. The molecule has 2 unspecified atom stereocenters. The second-order valence-corrected chi connectivity index (χ2v) is 6.95. The Hall–Kier alpha value is -2.85. The number of methoxy groups -OCH3 is 1. The van der Waals surface area contributed by atoms with Crippen LogP contribution >= 0.6 is 0 Å². The Kier molecular flexibility index (Phi) is 6.89. The SMILES string of the molecule is COC(=O)CN1Cc2ccc(OCCC(C(N)=O)C3CNCCO3)cc2N=C1N. The third-order valence-corrected chi connectivity index (χ3v) is 4.99. The molecule has 2 aliphatic rings. The largest absolute Gasteiger partial charge is 0.493 e. The van der Waals surface area contributed by atoms with E-state index in [0.29, 0.717) is 44.2 Å². The van der Waals surface area contributed by atoms with Crippen molar-refractivity contribution in [2.24, 2.45) is 22.4 Å². The number of nitrogens with one attached hydrogen (secondary N) is 1. The van der Waals surface area contributed by atoms with Gasteiger partial charge >= 0.3 is 5.97 Å². The van der Waals surface area contributed by atoms with Gasteiger partial charge in [-0.25, -0.2) is 4.99 Å². The minimum absolute atomic E-state index is 0.0378. The van der Waals surface area contributed by atoms with Crippen LogP contribution in [0.25, 0.3) is 0 Å². The molecular formula is C19H27N5O5. The van der Waals surface area contributed by atoms with Gasteiger partial charge in [-0.15, -0.1) is 0 Å². The zero-order valence-electron chi connectivity index (χ0n) is 16.4. The Morgan fingerprint density at radius 2 is 2.28 bits per heavy atom. The van der Waals surface area contributed by atoms with Crippen molar-refractivity contribution < 1.29 is 23.8 Å². The van der Waals surface area contributed by atoms with E-state index in [1.54, 1.807) is 11.0 Å². The van der Waals surface area contributed by atoms with Crippen LogP contribution < -0.4 is 21.5 Å². The van der Waals surface area contributed by atoms with E-state index in [-0.39, 0.29) is 24.6 Å². The molecule has 0 aliphatic carbocycles. The van der Waals surface area contributed by atoms with Crippen LogP contribution in [0, 0.1) is 5.92 Å². The number of aliphatic imine (C=N–C) groups is 1. The first-order valence-electron chi connectivity index (χ1n) is 9.51. The minimum Gasteiger partial charge on any atom is -0.493 e. The number of morpholine rings is 1. The average molecular weight is 405 g/mol. The summed E-state index contributed by atoms with van der Waals surface area (Å²) in [5, 5.41) is 3.20. The van der Waals surface area contributed by atoms with Crippen molar-refractivity contribution in [3.8, 4) is 5.75 Å². The van der Waals surface area contributed by atoms with Gasteiger partial charge in [0.15, 0.2) is 5.96 Å². The van der Waals surface area contributed by atoms with E-state index >= 15 is 0 Å². The molecule has 5 N–H and O–H groups in total. The molecule has 0 bridgehead atoms. The fourth-order valence-electron chi connectivity index (χ4n) is 3.37. The van der Waals surface area contributed by atoms with Gasteiger partial charge in [-0.1, -0.05) is 6.07 Å². The molecule has 10 nitrogen and oxygen atoms in total. The predicted octanol–water partition coefficient (Wildman–Crippen LogP) is -0.520. The second kappa shape index (κ2) is 9.57. The summed E-state index contributed by atoms with van der Waals surface area (Å²) in [7, 11) is 1.33. The molecule has 2 aliphatic heterocycles. The molecule has 1 aromatic carbocycles. The van der Waals surface area contributed by atoms with Crippen molar-refractivity contribution in [2.75, 3.05) is 40.0 Å². The molecule has 1 amide bonds. The molecular weight excluding hydrogens is 378 g/mol. The molecule has 158 valence electrons. The number of carbonyl (C=O) groups is 2. The molecule has 2 atom stereocenters. The molecule has 3 rings (SSSR count). The highest BCUT2D eigenvalue weighted by atomic mass is 16.5. The lowest BCUT2D eigenvalue weighted by atomic mass is 9.97. The zero-order chi connectivity index (χ0) is 20.8. The van der Waals surface area contributed by atoms with Gasteiger partial charge in [-0.05, 0) is 18.1 Å². The summed E-state index contributed by atoms with van der Waals surface area (Å²) in [6.45, 7) is 2.75. The van der Waals surface area contributed by atoms with Crippen molar-refractivity contribution in [1.29, 1.82) is 0 Å². The first-order chi connectivity index (χ1) is 14.0. The number of fused-ring (bicyclic) bond motifs is 1. The first-order valence-corrected chi connectivity index (χ1v) is 9.51. The predicted molar refractivity (Wildman–Crippen MR) is 106 cm³/mol. The Balaban J connectivity index is 1.58. The topological polar surface area (TPSA) is 142 Å². The summed E-state index contributed by atoms with van der Waals surface area (Å²) in [5.74, 6) is -0.326. The van der Waals surface area contributed by atoms with Crippen LogP contribution in [0.1, 0.15) is 12.0 Å². The molecule has 29 heavy (non-hydrogen) atoms. The van der Waals surface area contributed by atoms with Gasteiger partial charge in [0.25, 0.3) is 0 Å². The van der Waals surface area contributed by atoms with E-state index in [0.717, 1.165) is 12.1 Å². The number of hydrogen-bond donors (Lipinski definition) is 3. The van der Waals surface area contributed by atoms with Crippen LogP contribution in [-0.2, 0) is 25.6 Å². The van der Waals surface area contributed by atoms with E-state index in [2.05, 4.69) is 15.0 Å². The van der Waals surface area contributed by atoms with Gasteiger partial charge in [0.2, 0.25) is 5.91 Å². The first kappa shape index (κ1) is 20.9. The lowest BCUT2D eigenvalue weighted by Crippen LogP contribution is -2.47. The van der Waals surface area contributed by atoms with Crippen LogP contribution in [0.5, 0.6) is 5.75 Å². The number of rotatable bonds is 8. The summed E-state index contributed by atoms with van der Waals surface area (Å²) in [6, 6.07) is 5.49. The van der Waals surface area contributed by atoms with E-state index in [1.807, 2.05) is 12.1 Å². The molecule has 1 fully saturated rings. The van der Waals surface area contributed by atoms with Crippen molar-refractivity contribution in [1.82, 2.24) is 10.2 Å². The van der Waals surface area contributed by atoms with E-state index in [4.69, 9.17) is 20.9 Å². The molecule has 2 heterocycles. The van der Waals surface area contributed by atoms with Crippen molar-refractivity contribution in [2.45, 2.75) is 19.1 Å². The number of amides is 1. The molecule has 0 radical (unpaired) electrons. The number of nitrogens with zero attached hydrogens (tertiary/aromatic N) is 2. The number of nitrogens with two attached hydrogens (primary N) is 2. The standard InChI is InChI=1S/C19H27N5O5/c1-27-17(25)11-24-10-12-2-3-13(8-15(12)23-19(24)21)28-6-4-14(18(20)26)16-9-22-5-7-29-16/h2-3,8,14,16,22H,4-7,9-11H2,1H3,(H2,20,26)(H2,21,23). The number of carbonyl (C=O) groups excluding carboxylic acids is 2. The number of benzene rings is 1. The van der Waals surface area contributed by atoms with Gasteiger partial charge in [0.1, 0.15) is 12.3 Å². The van der Waals surface area contributed by atoms with Crippen LogP contribution in [0.3, 0.4) is 0 Å². The van der Waals surface area contributed by atoms with Gasteiger partial charge in [0, 0.05) is 25.7 Å². The Morgan fingerprint density at radius 1 is 1.45 bits per heavy atom. The van der Waals surface area contributed by atoms with Crippen molar-refractivity contribution in [3.05, 3.63) is 23.8 Å². The fraction of sp³-hybridized carbons (Fsp3) is 0.526. The van der Waals surface area contributed by atoms with Crippen LogP contribution in [0.4, 0.5) is 5.69 Å². The van der Waals surface area contributed by atoms with Crippen LogP contribution in [-0.4, -0.2) is 68.8 Å². The monoisotopic (exact) mass is 405 g/mol. The molecule has 1 saturated heterocycles. The number of hydrogen-bond acceptors (Lipinski definition) is 9. The minimum atomic E-state index is -0.416. The highest BCUT2D eigenvalue weighted by molar-refractivity contribution is 5.87. The Bertz CT molecular complexity index is 778. The zero-order valence-corrected chi connectivity index (χ0v) is 16.4. The van der Waals surface area contributed by atoms with Gasteiger partial charge in [-0.2, -0.15) is 0 Å².